The number of nitrogens with zero attached hydrogens (tertiary/aromatic N) is 3. The lowest BCUT2D eigenvalue weighted by molar-refractivity contribution is 0.188. The first-order chi connectivity index (χ1) is 12.7. The fourth-order valence-corrected chi connectivity index (χ4v) is 4.07. The Morgan fingerprint density at radius 1 is 0.923 bits per heavy atom. The molecule has 0 aromatic heterocycles. The van der Waals surface area contributed by atoms with Crippen molar-refractivity contribution in [1.82, 2.24) is 20.4 Å². The molecule has 0 atom stereocenters. The van der Waals surface area contributed by atoms with E-state index in [1.807, 2.05) is 0 Å². The van der Waals surface area contributed by atoms with Gasteiger partial charge in [-0.2, -0.15) is 0 Å². The Kier molecular flexibility index (Phi) is 10.4. The van der Waals surface area contributed by atoms with E-state index in [1.165, 1.54) is 77.8 Å². The van der Waals surface area contributed by atoms with Crippen LogP contribution in [0.15, 0.2) is 4.99 Å². The highest BCUT2D eigenvalue weighted by Crippen LogP contribution is 2.17. The number of hydrogen-bond acceptors (Lipinski definition) is 3. The molecule has 0 spiro atoms. The van der Waals surface area contributed by atoms with Gasteiger partial charge in [0.05, 0.1) is 0 Å². The van der Waals surface area contributed by atoms with Crippen molar-refractivity contribution >= 4 is 5.96 Å². The molecule has 5 heteroatoms. The summed E-state index contributed by atoms with van der Waals surface area (Å²) in [5.41, 5.74) is 0. The monoisotopic (exact) mass is 365 g/mol. The van der Waals surface area contributed by atoms with Crippen molar-refractivity contribution < 1.29 is 0 Å². The van der Waals surface area contributed by atoms with E-state index in [1.54, 1.807) is 0 Å². The molecule has 2 aliphatic heterocycles. The minimum atomic E-state index is 0.758. The second-order valence-electron chi connectivity index (χ2n) is 8.31. The fourth-order valence-electron chi connectivity index (χ4n) is 4.07. The maximum atomic E-state index is 4.86. The van der Waals surface area contributed by atoms with Crippen molar-refractivity contribution in [2.45, 2.75) is 59.3 Å². The summed E-state index contributed by atoms with van der Waals surface area (Å²) in [5.74, 6) is 2.69. The van der Waals surface area contributed by atoms with Crippen LogP contribution in [-0.2, 0) is 0 Å². The van der Waals surface area contributed by atoms with Gasteiger partial charge in [-0.15, -0.1) is 0 Å². The number of aliphatic imine (C=N–C) groups is 1. The van der Waals surface area contributed by atoms with Crippen molar-refractivity contribution in [2.24, 2.45) is 16.8 Å². The van der Waals surface area contributed by atoms with E-state index in [-0.39, 0.29) is 0 Å². The minimum absolute atomic E-state index is 0.758. The number of guanidine groups is 1. The first kappa shape index (κ1) is 21.5. The summed E-state index contributed by atoms with van der Waals surface area (Å²) in [6, 6.07) is 0. The summed E-state index contributed by atoms with van der Waals surface area (Å²) in [6.45, 7) is 17.3. The van der Waals surface area contributed by atoms with Crippen LogP contribution in [0.25, 0.3) is 0 Å². The highest BCUT2D eigenvalue weighted by Gasteiger charge is 2.18. The zero-order valence-corrected chi connectivity index (χ0v) is 17.6. The van der Waals surface area contributed by atoms with E-state index in [9.17, 15) is 0 Å². The third kappa shape index (κ3) is 8.26. The van der Waals surface area contributed by atoms with Crippen molar-refractivity contribution in [1.29, 1.82) is 0 Å². The van der Waals surface area contributed by atoms with Gasteiger partial charge in [-0.1, -0.05) is 13.8 Å². The first-order valence-corrected chi connectivity index (χ1v) is 11.2. The molecule has 0 unspecified atom stereocenters. The van der Waals surface area contributed by atoms with Crippen LogP contribution in [-0.4, -0.2) is 74.7 Å². The number of piperidine rings is 2. The summed E-state index contributed by atoms with van der Waals surface area (Å²) < 4.78 is 0. The molecule has 26 heavy (non-hydrogen) atoms. The Hall–Kier alpha value is -0.810. The predicted octanol–water partition coefficient (Wildman–Crippen LogP) is 2.79. The molecule has 5 nitrogen and oxygen atoms in total. The number of hydrogen-bond donors (Lipinski definition) is 2. The average molecular weight is 366 g/mol. The van der Waals surface area contributed by atoms with Crippen molar-refractivity contribution in [2.75, 3.05) is 58.9 Å². The standard InChI is InChI=1S/C21H43N5/c1-4-12-25-16-9-20(10-17-25)18-24-21(22-5-2)23-11-6-13-26-14-7-19(3)8-15-26/h19-20H,4-18H2,1-3H3,(H2,22,23,24). The van der Waals surface area contributed by atoms with Crippen molar-refractivity contribution in [3.05, 3.63) is 0 Å². The predicted molar refractivity (Wildman–Crippen MR) is 113 cm³/mol. The maximum absolute atomic E-state index is 4.86. The molecule has 0 aromatic rings. The Balaban J connectivity index is 1.62. The Labute approximate surface area is 162 Å². The van der Waals surface area contributed by atoms with Gasteiger partial charge >= 0.3 is 0 Å². The van der Waals surface area contributed by atoms with E-state index in [4.69, 9.17) is 4.99 Å². The van der Waals surface area contributed by atoms with Crippen LogP contribution < -0.4 is 10.6 Å². The van der Waals surface area contributed by atoms with Crippen molar-refractivity contribution in [3.63, 3.8) is 0 Å². The molecule has 2 heterocycles. The fraction of sp³-hybridized carbons (Fsp3) is 0.952. The molecule has 0 bridgehead atoms. The average Bonchev–Trinajstić information content (AvgIpc) is 2.66. The van der Waals surface area contributed by atoms with Crippen LogP contribution in [0.5, 0.6) is 0 Å². The Morgan fingerprint density at radius 3 is 2.23 bits per heavy atom. The first-order valence-electron chi connectivity index (χ1n) is 11.2. The molecule has 2 fully saturated rings. The van der Waals surface area contributed by atoms with E-state index in [0.29, 0.717) is 0 Å². The van der Waals surface area contributed by atoms with Gasteiger partial charge < -0.3 is 20.4 Å². The van der Waals surface area contributed by atoms with Crippen molar-refractivity contribution in [3.8, 4) is 0 Å². The van der Waals surface area contributed by atoms with E-state index in [2.05, 4.69) is 41.2 Å². The zero-order chi connectivity index (χ0) is 18.6. The van der Waals surface area contributed by atoms with Crippen LogP contribution >= 0.6 is 0 Å². The molecule has 2 N–H and O–H groups in total. The summed E-state index contributed by atoms with van der Waals surface area (Å²) >= 11 is 0. The molecule has 0 aliphatic carbocycles. The van der Waals surface area contributed by atoms with Crippen LogP contribution in [0.4, 0.5) is 0 Å². The number of nitrogens with one attached hydrogen (secondary N) is 2. The summed E-state index contributed by atoms with van der Waals surface area (Å²) in [7, 11) is 0. The summed E-state index contributed by atoms with van der Waals surface area (Å²) in [6.07, 6.45) is 7.82. The van der Waals surface area contributed by atoms with Crippen LogP contribution in [0.2, 0.25) is 0 Å². The molecule has 0 saturated carbocycles. The van der Waals surface area contributed by atoms with E-state index in [0.717, 1.165) is 37.4 Å². The summed E-state index contributed by atoms with van der Waals surface area (Å²) in [4.78, 5) is 10.1. The van der Waals surface area contributed by atoms with Gasteiger partial charge in [-0.05, 0) is 96.6 Å². The Bertz CT molecular complexity index is 382. The topological polar surface area (TPSA) is 42.9 Å². The molecule has 2 rings (SSSR count). The smallest absolute Gasteiger partial charge is 0.191 e. The number of rotatable bonds is 9. The molecular weight excluding hydrogens is 322 g/mol. The van der Waals surface area contributed by atoms with Crippen LogP contribution in [0.1, 0.15) is 59.3 Å². The lowest BCUT2D eigenvalue weighted by atomic mass is 9.97. The van der Waals surface area contributed by atoms with Crippen LogP contribution in [0.3, 0.4) is 0 Å². The lowest BCUT2D eigenvalue weighted by Gasteiger charge is -2.31. The second kappa shape index (κ2) is 12.6. The van der Waals surface area contributed by atoms with Gasteiger partial charge in [0.1, 0.15) is 0 Å². The van der Waals surface area contributed by atoms with Crippen LogP contribution in [0, 0.1) is 11.8 Å². The van der Waals surface area contributed by atoms with Gasteiger partial charge in [0.2, 0.25) is 0 Å². The molecule has 0 amide bonds. The molecule has 0 radical (unpaired) electrons. The summed E-state index contributed by atoms with van der Waals surface area (Å²) in [5, 5.41) is 6.95. The van der Waals surface area contributed by atoms with E-state index < -0.39 is 0 Å². The van der Waals surface area contributed by atoms with Gasteiger partial charge in [0.25, 0.3) is 0 Å². The third-order valence-corrected chi connectivity index (χ3v) is 5.92. The highest BCUT2D eigenvalue weighted by molar-refractivity contribution is 5.79. The second-order valence-corrected chi connectivity index (χ2v) is 8.31. The molecule has 0 aromatic carbocycles. The zero-order valence-electron chi connectivity index (χ0n) is 17.6. The largest absolute Gasteiger partial charge is 0.357 e. The normalized spacial score (nSPS) is 21.9. The Morgan fingerprint density at radius 2 is 1.58 bits per heavy atom. The molecule has 2 saturated heterocycles. The van der Waals surface area contributed by atoms with Gasteiger partial charge in [-0.25, -0.2) is 0 Å². The third-order valence-electron chi connectivity index (χ3n) is 5.92. The minimum Gasteiger partial charge on any atom is -0.357 e. The van der Waals surface area contributed by atoms with E-state index >= 15 is 0 Å². The van der Waals surface area contributed by atoms with Gasteiger partial charge in [0, 0.05) is 19.6 Å². The molecular formula is C21H43N5. The quantitative estimate of drug-likeness (QED) is 0.375. The highest BCUT2D eigenvalue weighted by atomic mass is 15.2. The lowest BCUT2D eigenvalue weighted by Crippen LogP contribution is -2.40. The molecule has 152 valence electrons. The van der Waals surface area contributed by atoms with Gasteiger partial charge in [0.15, 0.2) is 5.96 Å². The maximum Gasteiger partial charge on any atom is 0.191 e. The SMILES string of the molecule is CCCN1CCC(CN=C(NCC)NCCCN2CCC(C)CC2)CC1. The molecule has 2 aliphatic rings. The number of likely N-dealkylation sites (tertiary alicyclic amines) is 2. The van der Waals surface area contributed by atoms with Gasteiger partial charge in [-0.3, -0.25) is 4.99 Å².